The molecule has 1 aliphatic heterocycles. The van der Waals surface area contributed by atoms with E-state index in [1.165, 1.54) is 4.57 Å². The van der Waals surface area contributed by atoms with Crippen molar-refractivity contribution in [3.05, 3.63) is 81.1 Å². The van der Waals surface area contributed by atoms with E-state index in [0.29, 0.717) is 46.3 Å². The molecule has 2 aromatic carbocycles. The number of carbonyl (C=O) groups excluding carboxylic acids is 1. The van der Waals surface area contributed by atoms with Gasteiger partial charge in [0.2, 0.25) is 5.91 Å². The van der Waals surface area contributed by atoms with Gasteiger partial charge in [0.15, 0.2) is 5.82 Å². The van der Waals surface area contributed by atoms with Crippen LogP contribution in [0.2, 0.25) is 5.02 Å². The zero-order chi connectivity index (χ0) is 33.0. The second-order valence-electron chi connectivity index (χ2n) is 12.7. The van der Waals surface area contributed by atoms with Gasteiger partial charge in [0.1, 0.15) is 5.65 Å². The molecule has 1 fully saturated rings. The molecule has 5 N–H and O–H groups in total. The number of piperidine rings is 1. The number of likely N-dealkylation sites (tertiary alicyclic amines) is 1. The van der Waals surface area contributed by atoms with Crippen molar-refractivity contribution in [1.29, 1.82) is 0 Å². The first-order valence-electron chi connectivity index (χ1n) is 16.0. The summed E-state index contributed by atoms with van der Waals surface area (Å²) >= 11 is 6.29. The molecule has 0 bridgehead atoms. The van der Waals surface area contributed by atoms with E-state index in [-0.39, 0.29) is 29.6 Å². The average molecular weight is 648 g/mol. The summed E-state index contributed by atoms with van der Waals surface area (Å²) in [6.07, 6.45) is 8.22. The molecule has 0 radical (unpaired) electrons. The highest BCUT2D eigenvalue weighted by molar-refractivity contribution is 6.31. The van der Waals surface area contributed by atoms with E-state index in [1.807, 2.05) is 30.3 Å². The van der Waals surface area contributed by atoms with Crippen molar-refractivity contribution in [2.75, 3.05) is 13.1 Å². The average Bonchev–Trinajstić information content (AvgIpc) is 3.41. The third kappa shape index (κ3) is 7.85. The van der Waals surface area contributed by atoms with Crippen molar-refractivity contribution in [1.82, 2.24) is 19.4 Å². The molecule has 11 heteroatoms. The van der Waals surface area contributed by atoms with Gasteiger partial charge in [-0.05, 0) is 92.8 Å². The molecular formula is C35H43ClFN7O2. The number of aromatic nitrogens is 3. The maximum atomic E-state index is 15.2. The Morgan fingerprint density at radius 1 is 1.17 bits per heavy atom. The van der Waals surface area contributed by atoms with Gasteiger partial charge in [0.05, 0.1) is 28.8 Å². The summed E-state index contributed by atoms with van der Waals surface area (Å²) in [5.74, 6) is 0.252. The number of nitrogens with zero attached hydrogens (tertiary/aromatic N) is 4. The normalized spacial score (nSPS) is 17.7. The van der Waals surface area contributed by atoms with E-state index in [1.54, 1.807) is 25.3 Å². The molecule has 0 spiro atoms. The first-order chi connectivity index (χ1) is 22.0. The lowest BCUT2D eigenvalue weighted by Crippen LogP contribution is -2.46. The number of hydrogen-bond acceptors (Lipinski definition) is 5. The minimum Gasteiger partial charge on any atom is -0.388 e. The zero-order valence-electron chi connectivity index (χ0n) is 26.7. The lowest BCUT2D eigenvalue weighted by atomic mass is 9.89. The molecule has 9 nitrogen and oxygen atoms in total. The van der Waals surface area contributed by atoms with Crippen molar-refractivity contribution >= 4 is 34.4 Å². The van der Waals surface area contributed by atoms with Crippen molar-refractivity contribution in [2.24, 2.45) is 22.4 Å². The summed E-state index contributed by atoms with van der Waals surface area (Å²) in [5.41, 5.74) is 14.8. The van der Waals surface area contributed by atoms with Crippen LogP contribution < -0.4 is 17.2 Å². The van der Waals surface area contributed by atoms with Crippen molar-refractivity contribution in [3.8, 4) is 16.9 Å². The Bertz CT molecular complexity index is 1780. The summed E-state index contributed by atoms with van der Waals surface area (Å²) in [6, 6.07) is 13.2. The summed E-state index contributed by atoms with van der Waals surface area (Å²) in [6.45, 7) is 6.88. The number of fused-ring (bicyclic) bond motifs is 1. The second-order valence-corrected chi connectivity index (χ2v) is 13.2. The third-order valence-electron chi connectivity index (χ3n) is 8.74. The highest BCUT2D eigenvalue weighted by atomic mass is 35.5. The Morgan fingerprint density at radius 2 is 1.93 bits per heavy atom. The van der Waals surface area contributed by atoms with Crippen LogP contribution in [-0.2, 0) is 11.2 Å². The fourth-order valence-corrected chi connectivity index (χ4v) is 6.73. The lowest BCUT2D eigenvalue weighted by Gasteiger charge is -2.42. The number of H-pyrrole nitrogens is 1. The van der Waals surface area contributed by atoms with Crippen LogP contribution in [0.5, 0.6) is 0 Å². The van der Waals surface area contributed by atoms with E-state index in [2.05, 4.69) is 33.7 Å². The van der Waals surface area contributed by atoms with Gasteiger partial charge in [-0.3, -0.25) is 19.3 Å². The van der Waals surface area contributed by atoms with E-state index < -0.39 is 11.5 Å². The van der Waals surface area contributed by atoms with Crippen LogP contribution in [0.3, 0.4) is 0 Å². The Labute approximate surface area is 273 Å². The summed E-state index contributed by atoms with van der Waals surface area (Å²) in [7, 11) is 0. The first-order valence-corrected chi connectivity index (χ1v) is 16.4. The molecule has 46 heavy (non-hydrogen) atoms. The molecule has 5 rings (SSSR count). The van der Waals surface area contributed by atoms with Gasteiger partial charge < -0.3 is 16.5 Å². The second kappa shape index (κ2) is 14.6. The third-order valence-corrected chi connectivity index (χ3v) is 9.01. The molecule has 2 unspecified atom stereocenters. The Kier molecular flexibility index (Phi) is 10.6. The number of rotatable bonds is 12. The quantitative estimate of drug-likeness (QED) is 0.122. The number of nitrogens with one attached hydrogen (secondary N) is 1. The van der Waals surface area contributed by atoms with E-state index in [9.17, 15) is 9.59 Å². The number of aromatic amines is 1. The number of primary amides is 1. The Hall–Kier alpha value is -4.02. The highest BCUT2D eigenvalue weighted by Gasteiger charge is 2.32. The Balaban J connectivity index is 1.40. The number of aryl methyl sites for hydroxylation is 1. The van der Waals surface area contributed by atoms with Crippen LogP contribution in [0.1, 0.15) is 76.5 Å². The smallest absolute Gasteiger partial charge is 0.354 e. The minimum absolute atomic E-state index is 0.00988. The van der Waals surface area contributed by atoms with Gasteiger partial charge in [0, 0.05) is 35.8 Å². The topological polar surface area (TPSA) is 135 Å². The summed E-state index contributed by atoms with van der Waals surface area (Å²) in [5, 5.41) is 0.735. The zero-order valence-corrected chi connectivity index (χ0v) is 27.5. The van der Waals surface area contributed by atoms with Crippen molar-refractivity contribution in [2.45, 2.75) is 77.8 Å². The summed E-state index contributed by atoms with van der Waals surface area (Å²) in [4.78, 5) is 39.1. The van der Waals surface area contributed by atoms with Gasteiger partial charge in [-0.25, -0.2) is 9.18 Å². The number of hydrogen-bond donors (Lipinski definition) is 3. The lowest BCUT2D eigenvalue weighted by molar-refractivity contribution is -0.121. The summed E-state index contributed by atoms with van der Waals surface area (Å²) < 4.78 is 16.7. The number of amides is 1. The van der Waals surface area contributed by atoms with E-state index in [4.69, 9.17) is 23.1 Å². The largest absolute Gasteiger partial charge is 0.388 e. The number of carbonyl (C=O) groups is 1. The molecule has 244 valence electrons. The number of aliphatic imine (C=N–C) groups is 1. The molecule has 1 saturated heterocycles. The minimum atomic E-state index is -0.510. The molecule has 2 aromatic heterocycles. The van der Waals surface area contributed by atoms with Crippen LogP contribution in [0.15, 0.2) is 58.4 Å². The molecule has 4 aromatic rings. The molecule has 3 heterocycles. The SMILES string of the molecule is CC(N)=NCCC1CCCC(c2ccc(-n3cc4cc(-c5cc(CCCC(C)C)cc(Cl)c5F)[nH]c4nc3=O)cc2)N1CC(N)=O. The van der Waals surface area contributed by atoms with E-state index >= 15 is 4.39 Å². The van der Waals surface area contributed by atoms with Crippen LogP contribution in [-0.4, -0.2) is 50.3 Å². The number of halogens is 2. The maximum absolute atomic E-state index is 15.2. The first kappa shape index (κ1) is 33.3. The molecule has 0 aliphatic carbocycles. The standard InChI is InChI=1S/C35H43ClFN7O2/c1-21(2)6-4-7-23-16-28(33(37)29(36)17-23)30-18-25-19-44(35(46)42-34(25)41-30)27-12-10-24(11-13-27)31-9-5-8-26(14-15-40-22(3)38)43(31)20-32(39)45/h10-13,16-19,21,26,31H,4-9,14-15,20H2,1-3H3,(H2,38,40)(H2,39,45)(H,41,42,46). The number of nitrogens with two attached hydrogens (primary N) is 2. The van der Waals surface area contributed by atoms with Gasteiger partial charge in [-0.15, -0.1) is 0 Å². The Morgan fingerprint density at radius 3 is 2.63 bits per heavy atom. The molecular weight excluding hydrogens is 605 g/mol. The van der Waals surface area contributed by atoms with Crippen LogP contribution in [0.4, 0.5) is 4.39 Å². The van der Waals surface area contributed by atoms with Crippen molar-refractivity contribution < 1.29 is 9.18 Å². The predicted octanol–water partition coefficient (Wildman–Crippen LogP) is 6.30. The molecule has 1 amide bonds. The number of amidine groups is 1. The van der Waals surface area contributed by atoms with Crippen LogP contribution >= 0.6 is 11.6 Å². The van der Waals surface area contributed by atoms with Gasteiger partial charge >= 0.3 is 5.69 Å². The fourth-order valence-electron chi connectivity index (χ4n) is 6.49. The predicted molar refractivity (Wildman–Crippen MR) is 183 cm³/mol. The van der Waals surface area contributed by atoms with Gasteiger partial charge in [-0.1, -0.05) is 44.0 Å². The van der Waals surface area contributed by atoms with Crippen LogP contribution in [0.25, 0.3) is 28.0 Å². The van der Waals surface area contributed by atoms with E-state index in [0.717, 1.165) is 56.1 Å². The fraction of sp³-hybridized carbons (Fsp3) is 0.429. The molecule has 0 saturated carbocycles. The maximum Gasteiger partial charge on any atom is 0.354 e. The van der Waals surface area contributed by atoms with Crippen LogP contribution in [0, 0.1) is 11.7 Å². The molecule has 1 aliphatic rings. The molecule has 2 atom stereocenters. The van der Waals surface area contributed by atoms with Crippen molar-refractivity contribution in [3.63, 3.8) is 0 Å². The highest BCUT2D eigenvalue weighted by Crippen LogP contribution is 2.36. The van der Waals surface area contributed by atoms with Gasteiger partial charge in [-0.2, -0.15) is 4.98 Å². The monoisotopic (exact) mass is 647 g/mol. The van der Waals surface area contributed by atoms with Gasteiger partial charge in [0.25, 0.3) is 0 Å². The number of benzene rings is 2.